The Labute approximate surface area is 261 Å². The standard InChI is InChI=1S/C32H40F3N5O5/c1-19-9-7-10-24-27(19)38(11-8-12-44-23-17-39(18-23)30(43)45-31(3,4)5)16-21-14-26(41)40(28(21)29(42)37(24)6)25-15-22(32(33,34)35)13-20(2)36-25/h7,9-10,13,15,21,23,28H,8,11-12,14,16-18H2,1-6H3/t21-,28+/m1/s1. The molecule has 0 bridgehead atoms. The van der Waals surface area contributed by atoms with Crippen LogP contribution in [0.15, 0.2) is 30.3 Å². The van der Waals surface area contributed by atoms with Gasteiger partial charge in [0.15, 0.2) is 0 Å². The normalized spacial score (nSPS) is 20.9. The van der Waals surface area contributed by atoms with Gasteiger partial charge in [0.25, 0.3) is 0 Å². The smallest absolute Gasteiger partial charge is 0.416 e. The number of aryl methyl sites for hydroxylation is 2. The zero-order valence-corrected chi connectivity index (χ0v) is 26.5. The van der Waals surface area contributed by atoms with Crippen LogP contribution in [0.1, 0.15) is 50.4 Å². The van der Waals surface area contributed by atoms with Gasteiger partial charge in [-0.2, -0.15) is 13.2 Å². The van der Waals surface area contributed by atoms with Gasteiger partial charge in [-0.3, -0.25) is 14.5 Å². The van der Waals surface area contributed by atoms with Crippen LogP contribution in [0.2, 0.25) is 0 Å². The van der Waals surface area contributed by atoms with Crippen LogP contribution >= 0.6 is 0 Å². The van der Waals surface area contributed by atoms with Gasteiger partial charge in [0.1, 0.15) is 17.5 Å². The van der Waals surface area contributed by atoms with E-state index >= 15 is 0 Å². The van der Waals surface area contributed by atoms with Crippen LogP contribution in [-0.2, 0) is 25.2 Å². The molecule has 3 amide bonds. The maximum absolute atomic E-state index is 14.0. The van der Waals surface area contributed by atoms with Crippen LogP contribution < -0.4 is 14.7 Å². The van der Waals surface area contributed by atoms with Crippen LogP contribution in [0, 0.1) is 19.8 Å². The summed E-state index contributed by atoms with van der Waals surface area (Å²) in [6, 6.07) is 6.39. The van der Waals surface area contributed by atoms with Gasteiger partial charge in [-0.05, 0) is 64.8 Å². The quantitative estimate of drug-likeness (QED) is 0.417. The molecule has 2 aromatic rings. The lowest BCUT2D eigenvalue weighted by molar-refractivity contribution is -0.137. The number of amides is 3. The van der Waals surface area contributed by atoms with Crippen molar-refractivity contribution >= 4 is 35.1 Å². The highest BCUT2D eigenvalue weighted by molar-refractivity contribution is 6.10. The van der Waals surface area contributed by atoms with Gasteiger partial charge in [-0.25, -0.2) is 9.78 Å². The molecular weight excluding hydrogens is 591 g/mol. The number of anilines is 3. The van der Waals surface area contributed by atoms with Crippen LogP contribution in [0.4, 0.5) is 35.2 Å². The first-order valence-electron chi connectivity index (χ1n) is 15.1. The Morgan fingerprint density at radius 3 is 2.44 bits per heavy atom. The Morgan fingerprint density at radius 1 is 1.07 bits per heavy atom. The monoisotopic (exact) mass is 631 g/mol. The first-order valence-corrected chi connectivity index (χ1v) is 15.1. The molecular formula is C32H40F3N5O5. The molecule has 4 heterocycles. The second-order valence-corrected chi connectivity index (χ2v) is 13.0. The summed E-state index contributed by atoms with van der Waals surface area (Å²) in [7, 11) is 1.63. The fourth-order valence-electron chi connectivity index (χ4n) is 6.23. The number of nitrogens with zero attached hydrogens (tertiary/aromatic N) is 5. The van der Waals surface area contributed by atoms with Gasteiger partial charge in [-0.15, -0.1) is 0 Å². The van der Waals surface area contributed by atoms with Gasteiger partial charge >= 0.3 is 12.3 Å². The minimum atomic E-state index is -4.63. The molecule has 3 aliphatic rings. The molecule has 5 rings (SSSR count). The maximum Gasteiger partial charge on any atom is 0.416 e. The number of ether oxygens (including phenoxy) is 2. The Bertz CT molecular complexity index is 1470. The number of hydrogen-bond donors (Lipinski definition) is 0. The number of fused-ring (bicyclic) bond motifs is 2. The van der Waals surface area contributed by atoms with Crippen molar-refractivity contribution in [3.05, 3.63) is 47.2 Å². The number of hydrogen-bond acceptors (Lipinski definition) is 7. The molecule has 244 valence electrons. The van der Waals surface area contributed by atoms with Crippen molar-refractivity contribution in [1.82, 2.24) is 9.88 Å². The topological polar surface area (TPSA) is 95.5 Å². The molecule has 2 atom stereocenters. The number of alkyl halides is 3. The third kappa shape index (κ3) is 6.87. The number of carbonyl (C=O) groups is 3. The number of halogens is 3. The maximum atomic E-state index is 14.0. The van der Waals surface area contributed by atoms with E-state index in [4.69, 9.17) is 9.47 Å². The minimum absolute atomic E-state index is 0.00198. The third-order valence-electron chi connectivity index (χ3n) is 8.30. The minimum Gasteiger partial charge on any atom is -0.444 e. The lowest BCUT2D eigenvalue weighted by atomic mass is 9.95. The summed E-state index contributed by atoms with van der Waals surface area (Å²) < 4.78 is 52.4. The van der Waals surface area contributed by atoms with E-state index < -0.39 is 35.2 Å². The molecule has 1 aromatic carbocycles. The number of likely N-dealkylation sites (N-methyl/N-ethyl adjacent to an activating group) is 1. The zero-order chi connectivity index (χ0) is 32.8. The van der Waals surface area contributed by atoms with Crippen LogP contribution in [-0.4, -0.2) is 85.4 Å². The Morgan fingerprint density at radius 2 is 1.78 bits per heavy atom. The summed E-state index contributed by atoms with van der Waals surface area (Å²) in [5, 5.41) is 0. The molecule has 0 radical (unpaired) electrons. The van der Waals surface area contributed by atoms with Crippen LogP contribution in [0.5, 0.6) is 0 Å². The highest BCUT2D eigenvalue weighted by Gasteiger charge is 2.49. The first-order chi connectivity index (χ1) is 21.0. The van der Waals surface area contributed by atoms with Crippen molar-refractivity contribution in [3.8, 4) is 0 Å². The number of likely N-dealkylation sites (tertiary alicyclic amines) is 1. The van der Waals surface area contributed by atoms with Gasteiger partial charge in [0.05, 0.1) is 36.1 Å². The molecule has 13 heteroatoms. The third-order valence-corrected chi connectivity index (χ3v) is 8.30. The van der Waals surface area contributed by atoms with Crippen molar-refractivity contribution in [2.75, 3.05) is 54.5 Å². The van der Waals surface area contributed by atoms with E-state index in [2.05, 4.69) is 9.88 Å². The highest BCUT2D eigenvalue weighted by atomic mass is 19.4. The van der Waals surface area contributed by atoms with E-state index in [0.29, 0.717) is 44.9 Å². The zero-order valence-electron chi connectivity index (χ0n) is 26.5. The summed E-state index contributed by atoms with van der Waals surface area (Å²) in [5.41, 5.74) is 1.09. The van der Waals surface area contributed by atoms with Crippen LogP contribution in [0.3, 0.4) is 0 Å². The molecule has 10 nitrogen and oxygen atoms in total. The summed E-state index contributed by atoms with van der Waals surface area (Å²) in [5.74, 6) is -1.47. The predicted octanol–water partition coefficient (Wildman–Crippen LogP) is 4.95. The number of para-hydroxylation sites is 1. The summed E-state index contributed by atoms with van der Waals surface area (Å²) in [6.45, 7) is 11.1. The SMILES string of the molecule is Cc1cc(C(F)(F)F)cc(N2C(=O)C[C@@H]3CN(CCCOC4CN(C(=O)OC(C)(C)C)C4)c4c(C)cccc4N(C)C(=O)[C@H]32)n1. The van der Waals surface area contributed by atoms with Crippen molar-refractivity contribution in [3.63, 3.8) is 0 Å². The average molecular weight is 632 g/mol. The Kier molecular flexibility index (Phi) is 8.78. The molecule has 45 heavy (non-hydrogen) atoms. The fourth-order valence-corrected chi connectivity index (χ4v) is 6.23. The summed E-state index contributed by atoms with van der Waals surface area (Å²) in [4.78, 5) is 50.3. The molecule has 0 spiro atoms. The first kappa shape index (κ1) is 32.5. The number of aromatic nitrogens is 1. The lowest BCUT2D eigenvalue weighted by Crippen LogP contribution is -2.56. The van der Waals surface area contributed by atoms with E-state index in [1.54, 1.807) is 11.9 Å². The molecule has 2 fully saturated rings. The van der Waals surface area contributed by atoms with Crippen molar-refractivity contribution < 1.29 is 37.0 Å². The molecule has 0 saturated carbocycles. The van der Waals surface area contributed by atoms with Gasteiger partial charge < -0.3 is 24.2 Å². The van der Waals surface area contributed by atoms with Gasteiger partial charge in [-0.1, -0.05) is 12.1 Å². The number of carbonyl (C=O) groups excluding carboxylic acids is 3. The lowest BCUT2D eigenvalue weighted by Gasteiger charge is -2.40. The molecule has 3 aliphatic heterocycles. The summed E-state index contributed by atoms with van der Waals surface area (Å²) >= 11 is 0. The molecule has 0 unspecified atom stereocenters. The largest absolute Gasteiger partial charge is 0.444 e. The second kappa shape index (κ2) is 12.1. The Hall–Kier alpha value is -3.87. The van der Waals surface area contributed by atoms with Crippen LogP contribution in [0.25, 0.3) is 0 Å². The van der Waals surface area contributed by atoms with E-state index in [1.807, 2.05) is 45.9 Å². The molecule has 2 saturated heterocycles. The van der Waals surface area contributed by atoms with Gasteiger partial charge in [0, 0.05) is 44.8 Å². The van der Waals surface area contributed by atoms with Crippen molar-refractivity contribution in [1.29, 1.82) is 0 Å². The number of pyridine rings is 1. The second-order valence-electron chi connectivity index (χ2n) is 13.0. The van der Waals surface area contributed by atoms with Crippen molar-refractivity contribution in [2.24, 2.45) is 5.92 Å². The summed E-state index contributed by atoms with van der Waals surface area (Å²) in [6.07, 6.45) is -4.44. The molecule has 1 aromatic heterocycles. The van der Waals surface area contributed by atoms with Gasteiger partial charge in [0.2, 0.25) is 11.8 Å². The average Bonchev–Trinajstić information content (AvgIpc) is 3.22. The molecule has 0 N–H and O–H groups in total. The van der Waals surface area contributed by atoms with Crippen molar-refractivity contribution in [2.45, 2.75) is 71.4 Å². The van der Waals surface area contributed by atoms with E-state index in [1.165, 1.54) is 11.8 Å². The van der Waals surface area contributed by atoms with E-state index in [-0.39, 0.29) is 36.0 Å². The van der Waals surface area contributed by atoms with E-state index in [0.717, 1.165) is 28.3 Å². The fraction of sp³-hybridized carbons (Fsp3) is 0.562. The number of benzene rings is 1. The Balaban J connectivity index is 1.33. The predicted molar refractivity (Wildman–Crippen MR) is 162 cm³/mol. The number of rotatable bonds is 6. The molecule has 0 aliphatic carbocycles. The highest BCUT2D eigenvalue weighted by Crippen LogP contribution is 2.41. The van der Waals surface area contributed by atoms with E-state index in [9.17, 15) is 27.6 Å².